The lowest BCUT2D eigenvalue weighted by Crippen LogP contribution is -2.10. The van der Waals surface area contributed by atoms with Crippen molar-refractivity contribution in [2.24, 2.45) is 10.00 Å². The molecule has 1 rings (SSSR count). The molecule has 0 aliphatic heterocycles. The molecule has 0 saturated heterocycles. The maximum atomic E-state index is 10.6. The number of benzene rings is 1. The van der Waals surface area contributed by atoms with E-state index in [4.69, 9.17) is 13.6 Å². The second kappa shape index (κ2) is 8.92. The Morgan fingerprint density at radius 3 is 2.13 bits per heavy atom. The summed E-state index contributed by atoms with van der Waals surface area (Å²) >= 11 is 0. The van der Waals surface area contributed by atoms with Gasteiger partial charge in [0.25, 0.3) is 5.69 Å². The first-order chi connectivity index (χ1) is 10.9. The third kappa shape index (κ3) is 5.54. The van der Waals surface area contributed by atoms with Crippen molar-refractivity contribution in [2.45, 2.75) is 18.8 Å². The highest BCUT2D eigenvalue weighted by atomic mass is 31.2. The minimum absolute atomic E-state index is 0.0870. The molecule has 0 amide bonds. The molecule has 10 nitrogen and oxygen atoms in total. The number of hydrogen-bond donors (Lipinski definition) is 2. The fourth-order valence-electron chi connectivity index (χ4n) is 1.66. The van der Waals surface area contributed by atoms with Gasteiger partial charge in [-0.3, -0.25) is 10.1 Å². The summed E-state index contributed by atoms with van der Waals surface area (Å²) in [4.78, 5) is 13.7. The maximum Gasteiger partial charge on any atom is 0.572 e. The van der Waals surface area contributed by atoms with E-state index in [0.29, 0.717) is 5.56 Å². The molecule has 23 heavy (non-hydrogen) atoms. The number of aliphatic hydroxyl groups is 2. The monoisotopic (exact) mass is 348 g/mol. The molecule has 1 aromatic rings. The SMILES string of the molecule is CO[P+](N=NC(O)CC(O)c1ccc([N+](=O)[O-])cc1)(OC)OC. The highest BCUT2D eigenvalue weighted by molar-refractivity contribution is 7.59. The number of nitro benzene ring substituents is 1. The molecular weight excluding hydrogens is 329 g/mol. The molecule has 0 saturated carbocycles. The Hall–Kier alpha value is -1.55. The number of nitrogens with zero attached hydrogens (tertiary/aromatic N) is 3. The normalized spacial score (nSPS) is 14.8. The fraction of sp³-hybridized carbons (Fsp3) is 0.500. The van der Waals surface area contributed by atoms with E-state index in [0.717, 1.165) is 0 Å². The largest absolute Gasteiger partial charge is 0.572 e. The summed E-state index contributed by atoms with van der Waals surface area (Å²) in [6.45, 7) is 0. The molecule has 0 bridgehead atoms. The van der Waals surface area contributed by atoms with Crippen LogP contribution in [0.3, 0.4) is 0 Å². The van der Waals surface area contributed by atoms with Crippen molar-refractivity contribution in [1.82, 2.24) is 0 Å². The zero-order valence-electron chi connectivity index (χ0n) is 12.9. The lowest BCUT2D eigenvalue weighted by molar-refractivity contribution is -0.384. The van der Waals surface area contributed by atoms with E-state index in [-0.39, 0.29) is 12.1 Å². The average molecular weight is 348 g/mol. The maximum absolute atomic E-state index is 10.6. The zero-order valence-corrected chi connectivity index (χ0v) is 13.8. The highest BCUT2D eigenvalue weighted by Crippen LogP contribution is 2.62. The van der Waals surface area contributed by atoms with Crippen molar-refractivity contribution < 1.29 is 28.7 Å². The molecule has 2 unspecified atom stereocenters. The topological polar surface area (TPSA) is 136 Å². The Kier molecular flexibility index (Phi) is 7.56. The highest BCUT2D eigenvalue weighted by Gasteiger charge is 2.44. The van der Waals surface area contributed by atoms with Crippen molar-refractivity contribution in [1.29, 1.82) is 0 Å². The van der Waals surface area contributed by atoms with Crippen LogP contribution in [0.15, 0.2) is 34.3 Å². The summed E-state index contributed by atoms with van der Waals surface area (Å²) in [5.41, 5.74) is 0.326. The van der Waals surface area contributed by atoms with Crippen LogP contribution < -0.4 is 0 Å². The molecule has 2 N–H and O–H groups in total. The van der Waals surface area contributed by atoms with Crippen LogP contribution in [0.2, 0.25) is 0 Å². The molecule has 128 valence electrons. The summed E-state index contributed by atoms with van der Waals surface area (Å²) in [6, 6.07) is 5.35. The number of rotatable bonds is 9. The van der Waals surface area contributed by atoms with E-state index in [9.17, 15) is 20.3 Å². The van der Waals surface area contributed by atoms with Gasteiger partial charge in [0, 0.05) is 18.6 Å². The molecule has 1 aromatic carbocycles. The molecule has 0 fully saturated rings. The number of aliphatic hydroxyl groups excluding tert-OH is 2. The minimum Gasteiger partial charge on any atom is -0.388 e. The second-order valence-corrected chi connectivity index (χ2v) is 6.51. The van der Waals surface area contributed by atoms with Gasteiger partial charge in [-0.15, -0.1) is 5.11 Å². The Labute approximate surface area is 133 Å². The zero-order chi connectivity index (χ0) is 17.5. The van der Waals surface area contributed by atoms with Gasteiger partial charge in [0.15, 0.2) is 6.23 Å². The van der Waals surface area contributed by atoms with Gasteiger partial charge >= 0.3 is 8.09 Å². The van der Waals surface area contributed by atoms with Gasteiger partial charge in [-0.05, 0) is 17.7 Å². The van der Waals surface area contributed by atoms with Gasteiger partial charge in [0.2, 0.25) is 0 Å². The fourth-order valence-corrected chi connectivity index (χ4v) is 2.57. The predicted molar refractivity (Wildman–Crippen MR) is 81.5 cm³/mol. The summed E-state index contributed by atoms with van der Waals surface area (Å²) in [5.74, 6) is 0. The van der Waals surface area contributed by atoms with E-state index in [2.05, 4.69) is 10.00 Å². The van der Waals surface area contributed by atoms with Crippen LogP contribution in [0.25, 0.3) is 0 Å². The standard InChI is InChI=1S/C12H19N3O7P/c1-20-23(21-2,22-3)14-13-12(17)8-11(16)9-4-6-10(7-5-9)15(18)19/h4-7,11-12,16-17H,8H2,1-3H3/q+1. The molecule has 0 aliphatic carbocycles. The molecule has 2 atom stereocenters. The van der Waals surface area contributed by atoms with Gasteiger partial charge in [-0.25, -0.2) is 0 Å². The molecule has 0 spiro atoms. The summed E-state index contributed by atoms with van der Waals surface area (Å²) in [6.07, 6.45) is -2.54. The minimum atomic E-state index is -2.98. The number of nitro groups is 1. The van der Waals surface area contributed by atoms with Crippen molar-refractivity contribution in [3.8, 4) is 0 Å². The van der Waals surface area contributed by atoms with E-state index >= 15 is 0 Å². The van der Waals surface area contributed by atoms with Gasteiger partial charge in [0.1, 0.15) is 0 Å². The van der Waals surface area contributed by atoms with Crippen LogP contribution in [-0.2, 0) is 13.6 Å². The summed E-state index contributed by atoms with van der Waals surface area (Å²) in [5, 5.41) is 34.0. The number of non-ortho nitro benzene ring substituents is 1. The van der Waals surface area contributed by atoms with Gasteiger partial charge in [-0.2, -0.15) is 13.6 Å². The van der Waals surface area contributed by atoms with Gasteiger partial charge in [-0.1, -0.05) is 0 Å². The Morgan fingerprint density at radius 2 is 1.70 bits per heavy atom. The molecule has 11 heteroatoms. The van der Waals surface area contributed by atoms with E-state index in [1.807, 2.05) is 0 Å². The smallest absolute Gasteiger partial charge is 0.388 e. The van der Waals surface area contributed by atoms with E-state index < -0.39 is 25.3 Å². The molecule has 0 aliphatic rings. The Balaban J connectivity index is 2.69. The first kappa shape index (κ1) is 19.5. The second-order valence-electron chi connectivity index (χ2n) is 4.30. The first-order valence-electron chi connectivity index (χ1n) is 6.46. The van der Waals surface area contributed by atoms with E-state index in [1.165, 1.54) is 45.6 Å². The van der Waals surface area contributed by atoms with Gasteiger partial charge in [0.05, 0.1) is 37.2 Å². The third-order valence-electron chi connectivity index (χ3n) is 2.91. The number of hydrogen-bond acceptors (Lipinski definition) is 9. The van der Waals surface area contributed by atoms with Crippen LogP contribution in [0.4, 0.5) is 5.69 Å². The average Bonchev–Trinajstić information content (AvgIpc) is 2.56. The van der Waals surface area contributed by atoms with Crippen molar-refractivity contribution in [3.63, 3.8) is 0 Å². The third-order valence-corrected chi connectivity index (χ3v) is 4.62. The lowest BCUT2D eigenvalue weighted by Gasteiger charge is -2.13. The van der Waals surface area contributed by atoms with Crippen molar-refractivity contribution in [3.05, 3.63) is 39.9 Å². The van der Waals surface area contributed by atoms with Gasteiger partial charge < -0.3 is 10.2 Å². The molecule has 0 radical (unpaired) electrons. The van der Waals surface area contributed by atoms with E-state index in [1.54, 1.807) is 0 Å². The Morgan fingerprint density at radius 1 is 1.17 bits per heavy atom. The summed E-state index contributed by atoms with van der Waals surface area (Å²) < 4.78 is 14.9. The lowest BCUT2D eigenvalue weighted by atomic mass is 10.1. The first-order valence-corrected chi connectivity index (χ1v) is 7.96. The van der Waals surface area contributed by atoms with Crippen LogP contribution in [-0.4, -0.2) is 42.7 Å². The predicted octanol–water partition coefficient (Wildman–Crippen LogP) is 2.41. The Bertz CT molecular complexity index is 528. The van der Waals surface area contributed by atoms with Crippen LogP contribution >= 0.6 is 8.09 Å². The van der Waals surface area contributed by atoms with Crippen LogP contribution in [0, 0.1) is 10.1 Å². The molecular formula is C12H19N3O7P+. The van der Waals surface area contributed by atoms with Crippen molar-refractivity contribution in [2.75, 3.05) is 21.3 Å². The molecule has 0 aromatic heterocycles. The van der Waals surface area contributed by atoms with Crippen LogP contribution in [0.1, 0.15) is 18.1 Å². The quantitative estimate of drug-likeness (QED) is 0.302. The van der Waals surface area contributed by atoms with Crippen molar-refractivity contribution >= 4 is 13.8 Å². The summed E-state index contributed by atoms with van der Waals surface area (Å²) in [7, 11) is 1.01. The van der Waals surface area contributed by atoms with Crippen LogP contribution in [0.5, 0.6) is 0 Å². The molecule has 0 heterocycles.